The molecule has 5 nitrogen and oxygen atoms in total. The van der Waals surface area contributed by atoms with Gasteiger partial charge in [-0.05, 0) is 86.8 Å². The highest BCUT2D eigenvalue weighted by Gasteiger charge is 2.48. The Bertz CT molecular complexity index is 3240. The van der Waals surface area contributed by atoms with Gasteiger partial charge in [0.2, 0.25) is 0 Å². The highest BCUT2D eigenvalue weighted by Crippen LogP contribution is 2.62. The molecular weight excluding hydrogens is 743 g/mol. The zero-order valence-corrected chi connectivity index (χ0v) is 37.3. The molecule has 5 heteroatoms. The van der Waals surface area contributed by atoms with Crippen molar-refractivity contribution in [3.63, 3.8) is 0 Å². The Balaban J connectivity index is 1.15. The first-order chi connectivity index (χ1) is 28.9. The molecule has 0 unspecified atom stereocenters. The van der Waals surface area contributed by atoms with Crippen LogP contribution in [0.5, 0.6) is 0 Å². The molecule has 0 fully saturated rings. The Kier molecular flexibility index (Phi) is 6.83. The van der Waals surface area contributed by atoms with Gasteiger partial charge < -0.3 is 4.90 Å². The third-order valence-corrected chi connectivity index (χ3v) is 15.4. The van der Waals surface area contributed by atoms with Gasteiger partial charge in [-0.25, -0.2) is 9.97 Å². The highest BCUT2D eigenvalue weighted by atomic mass is 15.2. The Labute approximate surface area is 359 Å². The predicted octanol–water partition coefficient (Wildman–Crippen LogP) is 14.4. The van der Waals surface area contributed by atoms with Crippen molar-refractivity contribution in [1.82, 2.24) is 14.5 Å². The molecule has 61 heavy (non-hydrogen) atoms. The second-order valence-electron chi connectivity index (χ2n) is 21.2. The summed E-state index contributed by atoms with van der Waals surface area (Å²) in [6.45, 7) is 26.1. The van der Waals surface area contributed by atoms with Crippen molar-refractivity contribution in [3.05, 3.63) is 172 Å². The Hall–Kier alpha value is -6.20. The number of para-hydroxylation sites is 2. The summed E-state index contributed by atoms with van der Waals surface area (Å²) in [6, 6.07) is 41.8. The van der Waals surface area contributed by atoms with Gasteiger partial charge in [0.1, 0.15) is 11.6 Å². The summed E-state index contributed by atoms with van der Waals surface area (Å²) in [5.74, 6) is 2.04. The maximum Gasteiger partial charge on any atom is 0.141 e. The molecular formula is C56H53N5. The van der Waals surface area contributed by atoms with Gasteiger partial charge in [-0.2, -0.15) is 0 Å². The number of benzene rings is 5. The number of anilines is 6. The van der Waals surface area contributed by atoms with Crippen molar-refractivity contribution in [2.75, 3.05) is 9.80 Å². The van der Waals surface area contributed by atoms with Crippen molar-refractivity contribution in [3.8, 4) is 5.82 Å². The molecule has 4 aliphatic heterocycles. The van der Waals surface area contributed by atoms with Crippen molar-refractivity contribution in [1.29, 1.82) is 0 Å². The SMILES string of the molecule is CC(C)(C)c1cc2c3c(c1)C(C)(C)c1cccnc1N3c1cc(N3c4ccccc4C(C)(C)c4cc5c6cccc7c6n(c5cc43)-c3ncccc3C7(C)C)ccc1C2(C)C. The van der Waals surface area contributed by atoms with E-state index >= 15 is 0 Å². The lowest BCUT2D eigenvalue weighted by atomic mass is 9.65. The van der Waals surface area contributed by atoms with Crippen LogP contribution in [0.15, 0.2) is 122 Å². The number of nitrogens with zero attached hydrogens (tertiary/aromatic N) is 5. The second-order valence-corrected chi connectivity index (χ2v) is 21.2. The zero-order valence-electron chi connectivity index (χ0n) is 37.3. The van der Waals surface area contributed by atoms with Gasteiger partial charge in [0.15, 0.2) is 0 Å². The van der Waals surface area contributed by atoms with Gasteiger partial charge in [0.05, 0.1) is 33.8 Å². The zero-order chi connectivity index (χ0) is 42.3. The van der Waals surface area contributed by atoms with E-state index in [9.17, 15) is 0 Å². The average Bonchev–Trinajstić information content (AvgIpc) is 3.55. The number of hydrogen-bond donors (Lipinski definition) is 0. The Morgan fingerprint density at radius 2 is 1.02 bits per heavy atom. The summed E-state index contributed by atoms with van der Waals surface area (Å²) in [7, 11) is 0. The van der Waals surface area contributed by atoms with E-state index in [0.717, 1.165) is 17.3 Å². The molecule has 12 rings (SSSR count). The van der Waals surface area contributed by atoms with Gasteiger partial charge in [-0.1, -0.05) is 143 Å². The minimum atomic E-state index is -0.259. The smallest absolute Gasteiger partial charge is 0.141 e. The van der Waals surface area contributed by atoms with E-state index in [-0.39, 0.29) is 27.1 Å². The normalized spacial score (nSPS) is 17.9. The van der Waals surface area contributed by atoms with Crippen molar-refractivity contribution < 1.29 is 0 Å². The van der Waals surface area contributed by atoms with Crippen LogP contribution in [-0.2, 0) is 27.1 Å². The van der Waals surface area contributed by atoms with Gasteiger partial charge in [-0.3, -0.25) is 9.47 Å². The van der Waals surface area contributed by atoms with E-state index in [0.29, 0.717) is 0 Å². The molecule has 0 saturated carbocycles. The lowest BCUT2D eigenvalue weighted by Gasteiger charge is -2.50. The van der Waals surface area contributed by atoms with Crippen molar-refractivity contribution >= 4 is 56.1 Å². The van der Waals surface area contributed by atoms with Gasteiger partial charge in [0, 0.05) is 61.6 Å². The van der Waals surface area contributed by atoms with Crippen LogP contribution in [0.25, 0.3) is 27.6 Å². The molecule has 0 radical (unpaired) electrons. The van der Waals surface area contributed by atoms with E-state index in [4.69, 9.17) is 9.97 Å². The van der Waals surface area contributed by atoms with E-state index in [2.05, 4.69) is 200 Å². The van der Waals surface area contributed by atoms with Crippen LogP contribution < -0.4 is 9.80 Å². The van der Waals surface area contributed by atoms with Crippen LogP contribution in [-0.4, -0.2) is 14.5 Å². The molecule has 0 saturated heterocycles. The number of rotatable bonds is 1. The quantitative estimate of drug-likeness (QED) is 0.166. The predicted molar refractivity (Wildman–Crippen MR) is 253 cm³/mol. The lowest BCUT2D eigenvalue weighted by molar-refractivity contribution is 0.562. The lowest BCUT2D eigenvalue weighted by Crippen LogP contribution is -2.39. The third-order valence-electron chi connectivity index (χ3n) is 15.4. The molecule has 0 atom stereocenters. The van der Waals surface area contributed by atoms with Crippen LogP contribution in [0.3, 0.4) is 0 Å². The number of aromatic nitrogens is 3. The molecule has 4 aliphatic rings. The minimum Gasteiger partial charge on any atom is -0.310 e. The molecule has 8 aromatic rings. The van der Waals surface area contributed by atoms with Gasteiger partial charge in [0.25, 0.3) is 0 Å². The highest BCUT2D eigenvalue weighted by molar-refractivity contribution is 6.13. The van der Waals surface area contributed by atoms with Gasteiger partial charge >= 0.3 is 0 Å². The first-order valence-corrected chi connectivity index (χ1v) is 22.0. The topological polar surface area (TPSA) is 37.2 Å². The first-order valence-electron chi connectivity index (χ1n) is 22.0. The van der Waals surface area contributed by atoms with Crippen LogP contribution in [0.2, 0.25) is 0 Å². The van der Waals surface area contributed by atoms with E-state index in [1.165, 1.54) is 94.6 Å². The molecule has 0 aliphatic carbocycles. The fourth-order valence-corrected chi connectivity index (χ4v) is 11.8. The summed E-state index contributed by atoms with van der Waals surface area (Å²) in [5, 5.41) is 2.54. The maximum atomic E-state index is 5.21. The monoisotopic (exact) mass is 795 g/mol. The third kappa shape index (κ3) is 4.47. The summed E-state index contributed by atoms with van der Waals surface area (Å²) in [4.78, 5) is 15.4. The van der Waals surface area contributed by atoms with Crippen LogP contribution in [0, 0.1) is 0 Å². The van der Waals surface area contributed by atoms with Crippen LogP contribution in [0.1, 0.15) is 126 Å². The minimum absolute atomic E-state index is 0.00362. The number of fused-ring (bicyclic) bond motifs is 11. The fourth-order valence-electron chi connectivity index (χ4n) is 11.8. The molecule has 0 spiro atoms. The number of hydrogen-bond acceptors (Lipinski definition) is 4. The standard InChI is InChI=1S/C56H53N5/c1-52(2,3)32-27-42-49-43(28-32)56(10,11)40-21-16-26-58-51(40)61(49)46-29-33(23-24-37(46)54(42,6)7)59-44-22-13-12-18-36(44)53(4,5)41-30-35-34-17-14-19-38-48(34)60(45(35)31-47(41)59)50-39(55(38,8)9)20-15-25-57-50/h12-31H,1-11H3. The average molecular weight is 796 g/mol. The van der Waals surface area contributed by atoms with Gasteiger partial charge in [-0.15, -0.1) is 0 Å². The van der Waals surface area contributed by atoms with Crippen molar-refractivity contribution in [2.45, 2.75) is 103 Å². The molecule has 3 aromatic heterocycles. The number of pyridine rings is 2. The molecule has 7 heterocycles. The van der Waals surface area contributed by atoms with E-state index in [1.807, 2.05) is 12.4 Å². The molecule has 0 amide bonds. The first kappa shape index (κ1) is 36.6. The fraction of sp³-hybridized carbons (Fsp3) is 0.286. The summed E-state index contributed by atoms with van der Waals surface area (Å²) in [5.41, 5.74) is 19.4. The largest absolute Gasteiger partial charge is 0.310 e. The molecule has 5 aromatic carbocycles. The van der Waals surface area contributed by atoms with Crippen molar-refractivity contribution in [2.24, 2.45) is 0 Å². The molecule has 0 N–H and O–H groups in total. The van der Waals surface area contributed by atoms with Crippen LogP contribution >= 0.6 is 0 Å². The second kappa shape index (κ2) is 11.4. The summed E-state index contributed by atoms with van der Waals surface area (Å²) >= 11 is 0. The van der Waals surface area contributed by atoms with E-state index in [1.54, 1.807) is 0 Å². The Morgan fingerprint density at radius 3 is 1.74 bits per heavy atom. The summed E-state index contributed by atoms with van der Waals surface area (Å²) in [6.07, 6.45) is 3.91. The Morgan fingerprint density at radius 1 is 0.443 bits per heavy atom. The molecule has 0 bridgehead atoms. The molecule has 302 valence electrons. The maximum absolute atomic E-state index is 5.21. The summed E-state index contributed by atoms with van der Waals surface area (Å²) < 4.78 is 2.45. The van der Waals surface area contributed by atoms with E-state index < -0.39 is 0 Å². The van der Waals surface area contributed by atoms with Crippen LogP contribution in [0.4, 0.5) is 34.3 Å².